The first-order chi connectivity index (χ1) is 8.49. The van der Waals surface area contributed by atoms with Crippen molar-refractivity contribution in [1.82, 2.24) is 0 Å². The second-order valence-corrected chi connectivity index (χ2v) is 4.90. The molecular weight excluding hydrogens is 227 g/mol. The van der Waals surface area contributed by atoms with E-state index in [4.69, 9.17) is 0 Å². The molecule has 1 atom stereocenters. The maximum Gasteiger partial charge on any atom is 0.123 e. The molecule has 2 aromatic carbocycles. The summed E-state index contributed by atoms with van der Waals surface area (Å²) in [6.45, 7) is 3.58. The molecule has 0 aromatic heterocycles. The Morgan fingerprint density at radius 1 is 1.11 bits per heavy atom. The van der Waals surface area contributed by atoms with Gasteiger partial charge in [-0.3, -0.25) is 0 Å². The van der Waals surface area contributed by atoms with Crippen LogP contribution in [0.15, 0.2) is 48.5 Å². The van der Waals surface area contributed by atoms with E-state index < -0.39 is 5.60 Å². The van der Waals surface area contributed by atoms with E-state index in [2.05, 4.69) is 0 Å². The fourth-order valence-corrected chi connectivity index (χ4v) is 2.32. The number of halogens is 1. The lowest BCUT2D eigenvalue weighted by molar-refractivity contribution is 0.0569. The predicted molar refractivity (Wildman–Crippen MR) is 70.9 cm³/mol. The summed E-state index contributed by atoms with van der Waals surface area (Å²) in [4.78, 5) is 0. The van der Waals surface area contributed by atoms with Gasteiger partial charge in [0.2, 0.25) is 0 Å². The minimum Gasteiger partial charge on any atom is -0.385 e. The van der Waals surface area contributed by atoms with Gasteiger partial charge in [0, 0.05) is 6.42 Å². The zero-order chi connectivity index (χ0) is 13.2. The van der Waals surface area contributed by atoms with Crippen molar-refractivity contribution in [2.45, 2.75) is 25.9 Å². The van der Waals surface area contributed by atoms with E-state index in [0.29, 0.717) is 6.42 Å². The maximum atomic E-state index is 13.1. The first-order valence-electron chi connectivity index (χ1n) is 6.02. The van der Waals surface area contributed by atoms with Crippen LogP contribution < -0.4 is 0 Å². The third kappa shape index (κ3) is 2.77. The van der Waals surface area contributed by atoms with Crippen molar-refractivity contribution >= 4 is 0 Å². The standard InChI is InChI=1S/C16H17FO/c1-12-10-14(17)8-9-15(12)16(2,18)11-13-6-4-3-5-7-13/h3-10,18H,11H2,1-2H3. The van der Waals surface area contributed by atoms with Crippen LogP contribution >= 0.6 is 0 Å². The molecule has 0 amide bonds. The van der Waals surface area contributed by atoms with E-state index in [1.165, 1.54) is 12.1 Å². The van der Waals surface area contributed by atoms with Gasteiger partial charge in [-0.2, -0.15) is 0 Å². The van der Waals surface area contributed by atoms with Crippen LogP contribution in [0, 0.1) is 12.7 Å². The number of rotatable bonds is 3. The molecule has 0 saturated carbocycles. The SMILES string of the molecule is Cc1cc(F)ccc1C(C)(O)Cc1ccccc1. The van der Waals surface area contributed by atoms with Gasteiger partial charge in [0.05, 0.1) is 5.60 Å². The molecule has 0 saturated heterocycles. The van der Waals surface area contributed by atoms with Crippen molar-refractivity contribution in [2.24, 2.45) is 0 Å². The van der Waals surface area contributed by atoms with E-state index in [0.717, 1.165) is 16.7 Å². The molecule has 0 heterocycles. The lowest BCUT2D eigenvalue weighted by Crippen LogP contribution is -2.25. The summed E-state index contributed by atoms with van der Waals surface area (Å²) in [5, 5.41) is 10.6. The maximum absolute atomic E-state index is 13.1. The molecular formula is C16H17FO. The van der Waals surface area contributed by atoms with Gasteiger partial charge in [-0.05, 0) is 42.7 Å². The van der Waals surface area contributed by atoms with Crippen molar-refractivity contribution in [3.05, 3.63) is 71.0 Å². The van der Waals surface area contributed by atoms with Crippen LogP contribution in [-0.2, 0) is 12.0 Å². The summed E-state index contributed by atoms with van der Waals surface area (Å²) < 4.78 is 13.1. The van der Waals surface area contributed by atoms with Gasteiger partial charge in [-0.25, -0.2) is 4.39 Å². The van der Waals surface area contributed by atoms with Gasteiger partial charge in [-0.15, -0.1) is 0 Å². The van der Waals surface area contributed by atoms with Crippen LogP contribution in [-0.4, -0.2) is 5.11 Å². The lowest BCUT2D eigenvalue weighted by atomic mass is 9.86. The Kier molecular flexibility index (Phi) is 3.48. The van der Waals surface area contributed by atoms with Crippen molar-refractivity contribution in [1.29, 1.82) is 0 Å². The highest BCUT2D eigenvalue weighted by Gasteiger charge is 2.25. The second-order valence-electron chi connectivity index (χ2n) is 4.90. The summed E-state index contributed by atoms with van der Waals surface area (Å²) in [5.41, 5.74) is 1.62. The molecule has 1 N–H and O–H groups in total. The second kappa shape index (κ2) is 4.91. The third-order valence-corrected chi connectivity index (χ3v) is 3.16. The normalized spacial score (nSPS) is 14.2. The number of aryl methyl sites for hydroxylation is 1. The zero-order valence-electron chi connectivity index (χ0n) is 10.7. The lowest BCUT2D eigenvalue weighted by Gasteiger charge is -2.26. The van der Waals surface area contributed by atoms with Crippen molar-refractivity contribution < 1.29 is 9.50 Å². The summed E-state index contributed by atoms with van der Waals surface area (Å²) in [7, 11) is 0. The largest absolute Gasteiger partial charge is 0.385 e. The van der Waals surface area contributed by atoms with Crippen LogP contribution in [0.5, 0.6) is 0 Å². The van der Waals surface area contributed by atoms with Gasteiger partial charge in [0.15, 0.2) is 0 Å². The van der Waals surface area contributed by atoms with Crippen molar-refractivity contribution in [3.8, 4) is 0 Å². The van der Waals surface area contributed by atoms with Crippen molar-refractivity contribution in [3.63, 3.8) is 0 Å². The highest BCUT2D eigenvalue weighted by molar-refractivity contribution is 5.33. The average Bonchev–Trinajstić information content (AvgIpc) is 2.29. The Hall–Kier alpha value is -1.67. The molecule has 2 aromatic rings. The van der Waals surface area contributed by atoms with Gasteiger partial charge in [0.1, 0.15) is 5.82 Å². The van der Waals surface area contributed by atoms with Crippen LogP contribution in [0.25, 0.3) is 0 Å². The molecule has 0 aliphatic heterocycles. The molecule has 94 valence electrons. The van der Waals surface area contributed by atoms with Gasteiger partial charge in [0.25, 0.3) is 0 Å². The van der Waals surface area contributed by atoms with E-state index in [1.807, 2.05) is 37.3 Å². The molecule has 1 unspecified atom stereocenters. The van der Waals surface area contributed by atoms with Gasteiger partial charge >= 0.3 is 0 Å². The molecule has 0 aliphatic carbocycles. The minimum atomic E-state index is -0.987. The third-order valence-electron chi connectivity index (χ3n) is 3.16. The molecule has 0 radical (unpaired) electrons. The summed E-state index contributed by atoms with van der Waals surface area (Å²) >= 11 is 0. The Morgan fingerprint density at radius 3 is 2.39 bits per heavy atom. The summed E-state index contributed by atoms with van der Waals surface area (Å²) in [5.74, 6) is -0.272. The number of hydrogen-bond acceptors (Lipinski definition) is 1. The van der Waals surface area contributed by atoms with Crippen molar-refractivity contribution in [2.75, 3.05) is 0 Å². The topological polar surface area (TPSA) is 20.2 Å². The van der Waals surface area contributed by atoms with E-state index in [9.17, 15) is 9.50 Å². The fourth-order valence-electron chi connectivity index (χ4n) is 2.32. The van der Waals surface area contributed by atoms with E-state index in [1.54, 1.807) is 13.0 Å². The quantitative estimate of drug-likeness (QED) is 0.875. The number of aliphatic hydroxyl groups is 1. The molecule has 2 heteroatoms. The van der Waals surface area contributed by atoms with Gasteiger partial charge in [-0.1, -0.05) is 36.4 Å². The number of hydrogen-bond donors (Lipinski definition) is 1. The zero-order valence-corrected chi connectivity index (χ0v) is 10.7. The van der Waals surface area contributed by atoms with E-state index >= 15 is 0 Å². The minimum absolute atomic E-state index is 0.272. The van der Waals surface area contributed by atoms with Crippen LogP contribution in [0.3, 0.4) is 0 Å². The van der Waals surface area contributed by atoms with Crippen LogP contribution in [0.4, 0.5) is 4.39 Å². The molecule has 0 fully saturated rings. The smallest absolute Gasteiger partial charge is 0.123 e. The Labute approximate surface area is 107 Å². The molecule has 0 spiro atoms. The molecule has 18 heavy (non-hydrogen) atoms. The summed E-state index contributed by atoms with van der Waals surface area (Å²) in [6.07, 6.45) is 0.514. The molecule has 1 nitrogen and oxygen atoms in total. The highest BCUT2D eigenvalue weighted by Crippen LogP contribution is 2.28. The Bertz CT molecular complexity index is 532. The average molecular weight is 244 g/mol. The highest BCUT2D eigenvalue weighted by atomic mass is 19.1. The molecule has 2 rings (SSSR count). The Balaban J connectivity index is 2.30. The van der Waals surface area contributed by atoms with Crippen LogP contribution in [0.2, 0.25) is 0 Å². The van der Waals surface area contributed by atoms with Crippen LogP contribution in [0.1, 0.15) is 23.6 Å². The predicted octanol–water partition coefficient (Wildman–Crippen LogP) is 3.58. The summed E-state index contributed by atoms with van der Waals surface area (Å²) in [6, 6.07) is 14.3. The fraction of sp³-hybridized carbons (Fsp3) is 0.250. The van der Waals surface area contributed by atoms with Gasteiger partial charge < -0.3 is 5.11 Å². The number of benzene rings is 2. The molecule has 0 aliphatic rings. The Morgan fingerprint density at radius 2 is 1.78 bits per heavy atom. The van der Waals surface area contributed by atoms with E-state index in [-0.39, 0.29) is 5.82 Å². The first-order valence-corrected chi connectivity index (χ1v) is 6.02. The first kappa shape index (κ1) is 12.8. The monoisotopic (exact) mass is 244 g/mol. The molecule has 0 bridgehead atoms.